The molecule has 0 fully saturated rings. The Balaban J connectivity index is 0.000000681. The van der Waals surface area contributed by atoms with Gasteiger partial charge in [0.05, 0.1) is 22.5 Å². The molecule has 0 aliphatic rings. The number of amides is 2. The number of para-hydroxylation sites is 1. The van der Waals surface area contributed by atoms with E-state index in [1.807, 2.05) is 48.5 Å². The van der Waals surface area contributed by atoms with Crippen LogP contribution in [0.1, 0.15) is 15.9 Å². The van der Waals surface area contributed by atoms with Crippen LogP contribution < -0.4 is 10.1 Å². The van der Waals surface area contributed by atoms with Crippen molar-refractivity contribution in [3.05, 3.63) is 106 Å². The fourth-order valence-electron chi connectivity index (χ4n) is 3.85. The number of carbonyl (C=O) groups excluding carboxylic acids is 2. The largest absolute Gasteiger partial charge is 0.351 e. The van der Waals surface area contributed by atoms with Crippen molar-refractivity contribution in [2.24, 2.45) is 5.10 Å². The summed E-state index contributed by atoms with van der Waals surface area (Å²) in [7, 11) is -0.430. The van der Waals surface area contributed by atoms with Gasteiger partial charge in [-0.05, 0) is 34.4 Å². The second-order valence-electron chi connectivity index (χ2n) is 8.67. The molecule has 0 aliphatic heterocycles. The number of thiophene rings is 1. The molecule has 0 atom stereocenters. The van der Waals surface area contributed by atoms with Crippen LogP contribution in [0.25, 0.3) is 21.5 Å². The summed E-state index contributed by atoms with van der Waals surface area (Å²) in [6, 6.07) is 25.0. The van der Waals surface area contributed by atoms with Gasteiger partial charge in [0.15, 0.2) is 0 Å². The van der Waals surface area contributed by atoms with E-state index >= 15 is 0 Å². The minimum absolute atomic E-state index is 0.149. The predicted molar refractivity (Wildman–Crippen MR) is 163 cm³/mol. The summed E-state index contributed by atoms with van der Waals surface area (Å²) in [6.45, 7) is 0. The Morgan fingerprint density at radius 1 is 0.875 bits per heavy atom. The average Bonchev–Trinajstić information content (AvgIpc) is 3.52. The third-order valence-electron chi connectivity index (χ3n) is 5.65. The van der Waals surface area contributed by atoms with Gasteiger partial charge in [0.25, 0.3) is 15.9 Å². The first-order valence-electron chi connectivity index (χ1n) is 11.9. The average molecular weight is 593 g/mol. The Morgan fingerprint density at radius 3 is 1.98 bits per heavy atom. The lowest BCUT2D eigenvalue weighted by Gasteiger charge is -2.11. The third-order valence-corrected chi connectivity index (χ3v) is 8.82. The van der Waals surface area contributed by atoms with Gasteiger partial charge in [-0.25, -0.2) is 13.8 Å². The van der Waals surface area contributed by atoms with Crippen molar-refractivity contribution in [1.29, 1.82) is 0 Å². The lowest BCUT2D eigenvalue weighted by atomic mass is 9.97. The standard InChI is InChI=1S/C26H18ClN3O3S2.C3H7NO/c27-25-19-10-3-1-8-17(19)22(18-9-2-4-11-20(18)25)16-28-29-26(31)21-12-5-6-13-23(21)30-35(32,33)24-14-7-15-34-24;1-4(2)3-5/h1-16,30H,(H,29,31);3H,1-2H3. The normalized spacial score (nSPS) is 11.2. The topological polar surface area (TPSA) is 108 Å². The summed E-state index contributed by atoms with van der Waals surface area (Å²) in [4.78, 5) is 23.8. The van der Waals surface area contributed by atoms with Gasteiger partial charge >= 0.3 is 0 Å². The molecule has 4 aromatic carbocycles. The van der Waals surface area contributed by atoms with Crippen LogP contribution in [0.15, 0.2) is 99.6 Å². The van der Waals surface area contributed by atoms with Gasteiger partial charge in [0, 0.05) is 30.4 Å². The minimum atomic E-state index is -3.80. The van der Waals surface area contributed by atoms with E-state index in [-0.39, 0.29) is 15.5 Å². The molecule has 0 radical (unpaired) electrons. The van der Waals surface area contributed by atoms with E-state index < -0.39 is 15.9 Å². The highest BCUT2D eigenvalue weighted by Crippen LogP contribution is 2.35. The highest BCUT2D eigenvalue weighted by molar-refractivity contribution is 7.94. The number of fused-ring (bicyclic) bond motifs is 2. The van der Waals surface area contributed by atoms with Gasteiger partial charge in [-0.3, -0.25) is 14.3 Å². The number of nitrogens with one attached hydrogen (secondary N) is 2. The molecule has 204 valence electrons. The molecule has 0 unspecified atom stereocenters. The van der Waals surface area contributed by atoms with Crippen molar-refractivity contribution in [1.82, 2.24) is 10.3 Å². The molecular formula is C29H25ClN4O4S2. The number of hydrogen-bond donors (Lipinski definition) is 2. The summed E-state index contributed by atoms with van der Waals surface area (Å²) < 4.78 is 27.9. The first-order chi connectivity index (χ1) is 19.2. The fraction of sp³-hybridized carbons (Fsp3) is 0.0690. The summed E-state index contributed by atoms with van der Waals surface area (Å²) in [6.07, 6.45) is 2.33. The zero-order valence-electron chi connectivity index (χ0n) is 21.5. The quantitative estimate of drug-likeness (QED) is 0.105. The molecule has 0 saturated heterocycles. The van der Waals surface area contributed by atoms with E-state index in [0.717, 1.165) is 44.9 Å². The number of hydrogen-bond acceptors (Lipinski definition) is 6. The number of rotatable bonds is 7. The van der Waals surface area contributed by atoms with Crippen molar-refractivity contribution < 1.29 is 18.0 Å². The van der Waals surface area contributed by atoms with Gasteiger partial charge in [-0.15, -0.1) is 11.3 Å². The zero-order chi connectivity index (χ0) is 28.7. The van der Waals surface area contributed by atoms with Gasteiger partial charge in [0.2, 0.25) is 6.41 Å². The van der Waals surface area contributed by atoms with E-state index in [9.17, 15) is 18.0 Å². The van der Waals surface area contributed by atoms with Crippen molar-refractivity contribution in [2.45, 2.75) is 4.21 Å². The molecule has 11 heteroatoms. The SMILES string of the molecule is CN(C)C=O.O=C(NN=Cc1c2ccccc2c(Cl)c2ccccc12)c1ccccc1NS(=O)(=O)c1cccs1. The molecule has 1 heterocycles. The third kappa shape index (κ3) is 6.48. The minimum Gasteiger partial charge on any atom is -0.351 e. The van der Waals surface area contributed by atoms with Crippen LogP contribution in [0.3, 0.4) is 0 Å². The first kappa shape index (κ1) is 28.8. The van der Waals surface area contributed by atoms with Crippen molar-refractivity contribution in [3.63, 3.8) is 0 Å². The fourth-order valence-corrected chi connectivity index (χ4v) is 6.25. The van der Waals surface area contributed by atoms with E-state index in [4.69, 9.17) is 11.6 Å². The number of anilines is 1. The Morgan fingerprint density at radius 2 is 1.43 bits per heavy atom. The predicted octanol–water partition coefficient (Wildman–Crippen LogP) is 5.98. The second kappa shape index (κ2) is 12.7. The van der Waals surface area contributed by atoms with Crippen molar-refractivity contribution in [3.8, 4) is 0 Å². The Kier molecular flexibility index (Phi) is 9.15. The number of sulfonamides is 1. The monoisotopic (exact) mass is 592 g/mol. The van der Waals surface area contributed by atoms with Gasteiger partial charge in [-0.2, -0.15) is 5.10 Å². The highest BCUT2D eigenvalue weighted by Gasteiger charge is 2.19. The molecule has 8 nitrogen and oxygen atoms in total. The lowest BCUT2D eigenvalue weighted by Crippen LogP contribution is -2.21. The number of halogens is 1. The zero-order valence-corrected chi connectivity index (χ0v) is 23.9. The Labute approximate surface area is 240 Å². The molecular weight excluding hydrogens is 568 g/mol. The maximum absolute atomic E-state index is 12.9. The molecule has 2 N–H and O–H groups in total. The number of nitrogens with zero attached hydrogens (tertiary/aromatic N) is 2. The maximum atomic E-state index is 12.9. The van der Waals surface area contributed by atoms with Gasteiger partial charge in [-0.1, -0.05) is 78.3 Å². The van der Waals surface area contributed by atoms with E-state index in [2.05, 4.69) is 15.2 Å². The van der Waals surface area contributed by atoms with Crippen LogP contribution in [0.2, 0.25) is 5.02 Å². The maximum Gasteiger partial charge on any atom is 0.273 e. The first-order valence-corrected chi connectivity index (χ1v) is 14.7. The molecule has 5 rings (SSSR count). The smallest absolute Gasteiger partial charge is 0.273 e. The number of hydrazone groups is 1. The van der Waals surface area contributed by atoms with Crippen LogP contribution in [0, 0.1) is 0 Å². The summed E-state index contributed by atoms with van der Waals surface area (Å²) in [5.74, 6) is -0.548. The molecule has 2 amide bonds. The van der Waals surface area contributed by atoms with Crippen LogP contribution in [-0.4, -0.2) is 45.9 Å². The molecule has 0 saturated carbocycles. The van der Waals surface area contributed by atoms with Crippen LogP contribution in [-0.2, 0) is 14.8 Å². The molecule has 0 spiro atoms. The molecule has 5 aromatic rings. The summed E-state index contributed by atoms with van der Waals surface area (Å²) in [5, 5.41) is 10.1. The van der Waals surface area contributed by atoms with Crippen LogP contribution in [0.4, 0.5) is 5.69 Å². The molecule has 0 aliphatic carbocycles. The van der Waals surface area contributed by atoms with Crippen molar-refractivity contribution >= 4 is 78.7 Å². The molecule has 0 bridgehead atoms. The Bertz CT molecular complexity index is 1750. The molecule has 1 aromatic heterocycles. The van der Waals surface area contributed by atoms with Crippen molar-refractivity contribution in [2.75, 3.05) is 18.8 Å². The number of carbonyl (C=O) groups is 2. The van der Waals surface area contributed by atoms with E-state index in [0.29, 0.717) is 5.02 Å². The summed E-state index contributed by atoms with van der Waals surface area (Å²) >= 11 is 7.74. The number of benzene rings is 4. The van der Waals surface area contributed by atoms with Crippen LogP contribution in [0.5, 0.6) is 0 Å². The van der Waals surface area contributed by atoms with Gasteiger partial charge in [0.1, 0.15) is 4.21 Å². The Hall–Kier alpha value is -4.25. The summed E-state index contributed by atoms with van der Waals surface area (Å²) in [5.41, 5.74) is 3.64. The van der Waals surface area contributed by atoms with Crippen LogP contribution >= 0.6 is 22.9 Å². The van der Waals surface area contributed by atoms with Gasteiger partial charge < -0.3 is 4.90 Å². The highest BCUT2D eigenvalue weighted by atomic mass is 35.5. The second-order valence-corrected chi connectivity index (χ2v) is 11.9. The molecule has 40 heavy (non-hydrogen) atoms. The lowest BCUT2D eigenvalue weighted by molar-refractivity contribution is -0.115. The van der Waals surface area contributed by atoms with E-state index in [1.54, 1.807) is 43.9 Å². The van der Waals surface area contributed by atoms with E-state index in [1.165, 1.54) is 23.1 Å².